The molecule has 4 rings (SSSR count). The van der Waals surface area contributed by atoms with Gasteiger partial charge < -0.3 is 10.0 Å². The van der Waals surface area contributed by atoms with E-state index in [9.17, 15) is 13.5 Å². The highest BCUT2D eigenvalue weighted by Crippen LogP contribution is 2.43. The van der Waals surface area contributed by atoms with Gasteiger partial charge in [0.15, 0.2) is 0 Å². The highest BCUT2D eigenvalue weighted by atomic mass is 32.2. The molecule has 0 radical (unpaired) electrons. The molecule has 1 N–H and O–H groups in total. The molecule has 0 aliphatic carbocycles. The number of sulfonamides is 1. The van der Waals surface area contributed by atoms with E-state index in [-0.39, 0.29) is 18.1 Å². The number of likely N-dealkylation sites (N-methyl/N-ethyl adjacent to an activating group) is 1. The number of piperidine rings is 2. The Morgan fingerprint density at radius 2 is 2.15 bits per heavy atom. The lowest BCUT2D eigenvalue weighted by Gasteiger charge is -2.53. The quantitative estimate of drug-likeness (QED) is 0.812. The van der Waals surface area contributed by atoms with Crippen molar-refractivity contribution >= 4 is 32.7 Å². The van der Waals surface area contributed by atoms with Crippen molar-refractivity contribution in [2.24, 2.45) is 5.41 Å². The number of likely N-dealkylation sites (tertiary alicyclic amines) is 1. The molecule has 2 atom stereocenters. The molecule has 148 valence electrons. The zero-order chi connectivity index (χ0) is 19.2. The maximum absolute atomic E-state index is 13.2. The van der Waals surface area contributed by atoms with Gasteiger partial charge >= 0.3 is 0 Å². The predicted molar refractivity (Wildman–Crippen MR) is 109 cm³/mol. The van der Waals surface area contributed by atoms with Crippen molar-refractivity contribution in [1.29, 1.82) is 0 Å². The SMILES string of the molecule is Cc1nc(-c2ccc(S(=O)(=O)N3CC[C@@]4(CO)CCCN(C)[C@@H]4C3)s2)cs1. The van der Waals surface area contributed by atoms with Gasteiger partial charge in [0.05, 0.1) is 22.2 Å². The van der Waals surface area contributed by atoms with Gasteiger partial charge in [0.25, 0.3) is 10.0 Å². The predicted octanol–water partition coefficient (Wildman–Crippen LogP) is 2.65. The van der Waals surface area contributed by atoms with E-state index in [0.717, 1.165) is 35.0 Å². The maximum atomic E-state index is 13.2. The van der Waals surface area contributed by atoms with Crippen LogP contribution in [0.1, 0.15) is 24.3 Å². The number of nitrogens with zero attached hydrogens (tertiary/aromatic N) is 3. The zero-order valence-electron chi connectivity index (χ0n) is 15.6. The fraction of sp³-hybridized carbons (Fsp3) is 0.611. The molecule has 2 saturated heterocycles. The molecule has 27 heavy (non-hydrogen) atoms. The van der Waals surface area contributed by atoms with Crippen LogP contribution in [0.5, 0.6) is 0 Å². The number of aryl methyl sites for hydroxylation is 1. The van der Waals surface area contributed by atoms with Crippen LogP contribution < -0.4 is 0 Å². The summed E-state index contributed by atoms with van der Waals surface area (Å²) in [4.78, 5) is 7.56. The molecule has 2 aliphatic rings. The molecule has 0 unspecified atom stereocenters. The highest BCUT2D eigenvalue weighted by Gasteiger charge is 2.48. The van der Waals surface area contributed by atoms with Crippen LogP contribution in [0.25, 0.3) is 10.6 Å². The summed E-state index contributed by atoms with van der Waals surface area (Å²) in [7, 11) is -1.49. The number of rotatable bonds is 4. The van der Waals surface area contributed by atoms with Gasteiger partial charge in [0.2, 0.25) is 0 Å². The first kappa shape index (κ1) is 19.5. The monoisotopic (exact) mass is 427 g/mol. The normalized spacial score (nSPS) is 27.6. The molecule has 2 aliphatic heterocycles. The first-order valence-corrected chi connectivity index (χ1v) is 12.3. The van der Waals surface area contributed by atoms with Gasteiger partial charge in [0, 0.05) is 29.9 Å². The van der Waals surface area contributed by atoms with Crippen molar-refractivity contribution in [3.8, 4) is 10.6 Å². The Labute approximate surface area is 168 Å². The summed E-state index contributed by atoms with van der Waals surface area (Å²) >= 11 is 2.85. The number of thiazole rings is 1. The van der Waals surface area contributed by atoms with Gasteiger partial charge in [-0.15, -0.1) is 22.7 Å². The minimum Gasteiger partial charge on any atom is -0.396 e. The lowest BCUT2D eigenvalue weighted by Crippen LogP contribution is -2.62. The van der Waals surface area contributed by atoms with E-state index in [1.165, 1.54) is 11.3 Å². The Bertz CT molecular complexity index is 923. The van der Waals surface area contributed by atoms with Crippen LogP contribution in [0.4, 0.5) is 0 Å². The zero-order valence-corrected chi connectivity index (χ0v) is 18.0. The van der Waals surface area contributed by atoms with E-state index < -0.39 is 10.0 Å². The number of aromatic nitrogens is 1. The summed E-state index contributed by atoms with van der Waals surface area (Å²) in [6.07, 6.45) is 2.74. The number of hydrogen-bond donors (Lipinski definition) is 1. The van der Waals surface area contributed by atoms with Crippen LogP contribution in [-0.2, 0) is 10.0 Å². The highest BCUT2D eigenvalue weighted by molar-refractivity contribution is 7.91. The van der Waals surface area contributed by atoms with E-state index >= 15 is 0 Å². The van der Waals surface area contributed by atoms with E-state index in [0.29, 0.717) is 23.7 Å². The molecule has 0 amide bonds. The van der Waals surface area contributed by atoms with Gasteiger partial charge in [-0.1, -0.05) is 0 Å². The van der Waals surface area contributed by atoms with Crippen molar-refractivity contribution < 1.29 is 13.5 Å². The van der Waals surface area contributed by atoms with Gasteiger partial charge in [-0.25, -0.2) is 13.4 Å². The van der Waals surface area contributed by atoms with Crippen LogP contribution in [-0.4, -0.2) is 67.0 Å². The van der Waals surface area contributed by atoms with Crippen molar-refractivity contribution in [3.05, 3.63) is 22.5 Å². The summed E-state index contributed by atoms with van der Waals surface area (Å²) in [5.74, 6) is 0. The Kier molecular flexibility index (Phi) is 5.19. The van der Waals surface area contributed by atoms with Gasteiger partial charge in [-0.3, -0.25) is 0 Å². The molecule has 0 spiro atoms. The second-order valence-corrected chi connectivity index (χ2v) is 11.9. The van der Waals surface area contributed by atoms with Gasteiger partial charge in [-0.05, 0) is 51.9 Å². The number of fused-ring (bicyclic) bond motifs is 1. The molecule has 2 fully saturated rings. The van der Waals surface area contributed by atoms with E-state index in [2.05, 4.69) is 9.88 Å². The number of aliphatic hydroxyl groups is 1. The average Bonchev–Trinajstić information content (AvgIpc) is 3.31. The van der Waals surface area contributed by atoms with Gasteiger partial charge in [-0.2, -0.15) is 4.31 Å². The smallest absolute Gasteiger partial charge is 0.252 e. The fourth-order valence-electron chi connectivity index (χ4n) is 4.41. The lowest BCUT2D eigenvalue weighted by molar-refractivity contribution is -0.0508. The molecule has 6 nitrogen and oxygen atoms in total. The first-order chi connectivity index (χ1) is 12.9. The lowest BCUT2D eigenvalue weighted by atomic mass is 9.69. The van der Waals surface area contributed by atoms with E-state index in [1.54, 1.807) is 21.7 Å². The molecule has 9 heteroatoms. The third-order valence-electron chi connectivity index (χ3n) is 6.02. The summed E-state index contributed by atoms with van der Waals surface area (Å²) in [5.41, 5.74) is 0.673. The molecular formula is C18H25N3O3S3. The Hall–Kier alpha value is -0.840. The second-order valence-electron chi connectivity index (χ2n) is 7.60. The minimum atomic E-state index is -3.53. The van der Waals surface area contributed by atoms with E-state index in [1.807, 2.05) is 25.4 Å². The summed E-state index contributed by atoms with van der Waals surface area (Å²) < 4.78 is 28.5. The van der Waals surface area contributed by atoms with Crippen molar-refractivity contribution in [2.45, 2.75) is 36.4 Å². The Morgan fingerprint density at radius 3 is 2.85 bits per heavy atom. The fourth-order valence-corrected chi connectivity index (χ4v) is 7.96. The standard InChI is InChI=1S/C18H25N3O3S3/c1-13-19-14(11-25-13)15-4-5-17(26-15)27(23,24)21-9-7-18(12-22)6-3-8-20(2)16(18)10-21/h4-5,11,16,22H,3,6-10,12H2,1-2H3/t16-,18-/m1/s1. The van der Waals surface area contributed by atoms with Gasteiger partial charge in [0.1, 0.15) is 4.21 Å². The molecule has 0 bridgehead atoms. The van der Waals surface area contributed by atoms with Crippen LogP contribution in [0, 0.1) is 12.3 Å². The first-order valence-electron chi connectivity index (χ1n) is 9.19. The molecule has 4 heterocycles. The summed E-state index contributed by atoms with van der Waals surface area (Å²) in [6.45, 7) is 3.94. The Balaban J connectivity index is 1.59. The maximum Gasteiger partial charge on any atom is 0.252 e. The van der Waals surface area contributed by atoms with Crippen LogP contribution in [0.15, 0.2) is 21.7 Å². The average molecular weight is 428 g/mol. The third kappa shape index (κ3) is 3.38. The molecule has 0 aromatic carbocycles. The molecule has 2 aromatic rings. The van der Waals surface area contributed by atoms with Crippen LogP contribution >= 0.6 is 22.7 Å². The largest absolute Gasteiger partial charge is 0.396 e. The molecule has 2 aromatic heterocycles. The number of hydrogen-bond acceptors (Lipinski definition) is 7. The summed E-state index contributed by atoms with van der Waals surface area (Å²) in [5, 5.41) is 13.0. The number of thiophene rings is 1. The van der Waals surface area contributed by atoms with E-state index in [4.69, 9.17) is 0 Å². The van der Waals surface area contributed by atoms with Crippen molar-refractivity contribution in [1.82, 2.24) is 14.2 Å². The van der Waals surface area contributed by atoms with Crippen LogP contribution in [0.3, 0.4) is 0 Å². The number of aliphatic hydroxyl groups excluding tert-OH is 1. The topological polar surface area (TPSA) is 73.7 Å². The summed E-state index contributed by atoms with van der Waals surface area (Å²) in [6, 6.07) is 3.61. The minimum absolute atomic E-state index is 0.0698. The van der Waals surface area contributed by atoms with Crippen LogP contribution in [0.2, 0.25) is 0 Å². The molecule has 0 saturated carbocycles. The Morgan fingerprint density at radius 1 is 1.33 bits per heavy atom. The molecular weight excluding hydrogens is 402 g/mol. The van der Waals surface area contributed by atoms with Crippen molar-refractivity contribution in [2.75, 3.05) is 33.3 Å². The third-order valence-corrected chi connectivity index (χ3v) is 10.2. The second kappa shape index (κ2) is 7.20. The van der Waals surface area contributed by atoms with Crippen molar-refractivity contribution in [3.63, 3.8) is 0 Å².